The molecule has 0 fully saturated rings. The van der Waals surface area contributed by atoms with Crippen LogP contribution in [0.2, 0.25) is 0 Å². The van der Waals surface area contributed by atoms with Crippen molar-refractivity contribution in [2.75, 3.05) is 0 Å². The number of nitro groups is 1. The average molecular weight is 321 g/mol. The zero-order valence-electron chi connectivity index (χ0n) is 13.3. The zero-order chi connectivity index (χ0) is 17.3. The molecular weight excluding hydrogens is 306 g/mol. The molecule has 0 spiro atoms. The Hall–Kier alpha value is -3.21. The first-order chi connectivity index (χ1) is 11.4. The molecule has 5 heteroatoms. The summed E-state index contributed by atoms with van der Waals surface area (Å²) in [6.45, 7) is 3.66. The van der Waals surface area contributed by atoms with Gasteiger partial charge in [-0.1, -0.05) is 42.0 Å². The van der Waals surface area contributed by atoms with Gasteiger partial charge in [-0.15, -0.1) is 0 Å². The first kappa shape index (κ1) is 15.7. The predicted octanol–water partition coefficient (Wildman–Crippen LogP) is 4.19. The molecule has 0 bridgehead atoms. The van der Waals surface area contributed by atoms with E-state index in [4.69, 9.17) is 4.74 Å². The van der Waals surface area contributed by atoms with Gasteiger partial charge in [-0.25, -0.2) is 4.79 Å². The summed E-state index contributed by atoms with van der Waals surface area (Å²) in [5, 5.41) is 11.0. The van der Waals surface area contributed by atoms with Gasteiger partial charge in [0.25, 0.3) is 5.69 Å². The van der Waals surface area contributed by atoms with Crippen molar-refractivity contribution in [3.8, 4) is 0 Å². The van der Waals surface area contributed by atoms with Crippen molar-refractivity contribution in [3.05, 3.63) is 86.5 Å². The maximum Gasteiger partial charge on any atom is 0.343 e. The monoisotopic (exact) mass is 321 g/mol. The second-order valence-corrected chi connectivity index (χ2v) is 5.67. The quantitative estimate of drug-likeness (QED) is 0.368. The third-order valence-corrected chi connectivity index (χ3v) is 3.81. The topological polar surface area (TPSA) is 69.4 Å². The van der Waals surface area contributed by atoms with E-state index in [-0.39, 0.29) is 5.69 Å². The van der Waals surface area contributed by atoms with Gasteiger partial charge in [0.15, 0.2) is 0 Å². The Morgan fingerprint density at radius 1 is 1.08 bits per heavy atom. The minimum atomic E-state index is -0.464. The van der Waals surface area contributed by atoms with Gasteiger partial charge in [0.2, 0.25) is 0 Å². The van der Waals surface area contributed by atoms with Gasteiger partial charge >= 0.3 is 5.97 Å². The maximum absolute atomic E-state index is 12.0. The molecule has 0 saturated carbocycles. The Bertz CT molecular complexity index is 892. The van der Waals surface area contributed by atoms with E-state index in [1.165, 1.54) is 6.07 Å². The van der Waals surface area contributed by atoms with E-state index in [9.17, 15) is 14.9 Å². The summed E-state index contributed by atoms with van der Waals surface area (Å²) in [6.07, 6.45) is 3.24. The van der Waals surface area contributed by atoms with Crippen molar-refractivity contribution >= 4 is 23.5 Å². The van der Waals surface area contributed by atoms with Gasteiger partial charge in [-0.2, -0.15) is 0 Å². The van der Waals surface area contributed by atoms with Crippen LogP contribution in [0.3, 0.4) is 0 Å². The van der Waals surface area contributed by atoms with Gasteiger partial charge in [-0.05, 0) is 31.6 Å². The molecule has 1 aliphatic rings. The van der Waals surface area contributed by atoms with E-state index in [0.29, 0.717) is 22.5 Å². The second kappa shape index (κ2) is 6.12. The largest absolute Gasteiger partial charge is 0.422 e. The van der Waals surface area contributed by atoms with Crippen molar-refractivity contribution in [2.24, 2.45) is 0 Å². The molecule has 2 aromatic carbocycles. The highest BCUT2D eigenvalue weighted by Gasteiger charge is 2.22. The van der Waals surface area contributed by atoms with Crippen LogP contribution in [-0.4, -0.2) is 10.9 Å². The Morgan fingerprint density at radius 2 is 1.79 bits per heavy atom. The summed E-state index contributed by atoms with van der Waals surface area (Å²) in [5.41, 5.74) is 3.48. The third-order valence-electron chi connectivity index (χ3n) is 3.81. The third kappa shape index (κ3) is 3.10. The zero-order valence-corrected chi connectivity index (χ0v) is 13.3. The lowest BCUT2D eigenvalue weighted by Crippen LogP contribution is -1.97. The molecular formula is C19H15NO4. The lowest BCUT2D eigenvalue weighted by molar-refractivity contribution is -0.385. The molecule has 0 aliphatic carbocycles. The van der Waals surface area contributed by atoms with E-state index >= 15 is 0 Å². The molecule has 1 heterocycles. The summed E-state index contributed by atoms with van der Waals surface area (Å²) in [5.74, 6) is 0.0154. The fourth-order valence-corrected chi connectivity index (χ4v) is 2.44. The first-order valence-electron chi connectivity index (χ1n) is 7.42. The van der Waals surface area contributed by atoms with Crippen molar-refractivity contribution in [1.82, 2.24) is 0 Å². The highest BCUT2D eigenvalue weighted by Crippen LogP contribution is 2.28. The van der Waals surface area contributed by atoms with Crippen LogP contribution in [0.4, 0.5) is 5.69 Å². The number of aryl methyl sites for hydroxylation is 2. The van der Waals surface area contributed by atoms with Crippen LogP contribution in [-0.2, 0) is 9.53 Å². The Balaban J connectivity index is 1.95. The second-order valence-electron chi connectivity index (χ2n) is 5.67. The average Bonchev–Trinajstić information content (AvgIpc) is 2.90. The molecule has 0 saturated heterocycles. The molecule has 0 unspecified atom stereocenters. The predicted molar refractivity (Wildman–Crippen MR) is 91.1 cm³/mol. The van der Waals surface area contributed by atoms with E-state index in [0.717, 1.165) is 11.1 Å². The molecule has 5 nitrogen and oxygen atoms in total. The van der Waals surface area contributed by atoms with Gasteiger partial charge in [0.05, 0.1) is 10.5 Å². The standard InChI is InChI=1S/C19H15NO4/c1-12-3-7-15(8-4-12)18-11-16(19(21)24-18)9-14-6-5-13(2)17(10-14)20(22)23/h3-11H,1-2H3/b16-9+. The van der Waals surface area contributed by atoms with Crippen molar-refractivity contribution in [2.45, 2.75) is 13.8 Å². The number of rotatable bonds is 3. The summed E-state index contributed by atoms with van der Waals surface area (Å²) >= 11 is 0. The van der Waals surface area contributed by atoms with Crippen LogP contribution in [0.1, 0.15) is 22.3 Å². The smallest absolute Gasteiger partial charge is 0.343 e. The van der Waals surface area contributed by atoms with Crippen LogP contribution in [0.15, 0.2) is 54.1 Å². The van der Waals surface area contributed by atoms with E-state index in [1.807, 2.05) is 31.2 Å². The SMILES string of the molecule is Cc1ccc(C2=C/C(=C\c3ccc(C)c([N+](=O)[O-])c3)C(=O)O2)cc1. The molecule has 3 rings (SSSR count). The Labute approximate surface area is 139 Å². The summed E-state index contributed by atoms with van der Waals surface area (Å²) < 4.78 is 5.29. The van der Waals surface area contributed by atoms with Gasteiger partial charge < -0.3 is 4.74 Å². The number of benzene rings is 2. The number of nitro benzene ring substituents is 1. The van der Waals surface area contributed by atoms with Crippen LogP contribution >= 0.6 is 0 Å². The molecule has 1 aliphatic heterocycles. The van der Waals surface area contributed by atoms with Gasteiger partial charge in [-0.3, -0.25) is 10.1 Å². The number of hydrogen-bond donors (Lipinski definition) is 0. The van der Waals surface area contributed by atoms with Crippen LogP contribution < -0.4 is 0 Å². The van der Waals surface area contributed by atoms with E-state index in [1.54, 1.807) is 31.2 Å². The maximum atomic E-state index is 12.0. The molecule has 0 amide bonds. The number of carbonyl (C=O) groups is 1. The van der Waals surface area contributed by atoms with Crippen molar-refractivity contribution < 1.29 is 14.5 Å². The van der Waals surface area contributed by atoms with Gasteiger partial charge in [0, 0.05) is 17.2 Å². The van der Waals surface area contributed by atoms with Crippen molar-refractivity contribution in [3.63, 3.8) is 0 Å². The van der Waals surface area contributed by atoms with E-state index in [2.05, 4.69) is 0 Å². The fraction of sp³-hybridized carbons (Fsp3) is 0.105. The lowest BCUT2D eigenvalue weighted by Gasteiger charge is -2.01. The summed E-state index contributed by atoms with van der Waals surface area (Å²) in [7, 11) is 0. The molecule has 120 valence electrons. The van der Waals surface area contributed by atoms with Crippen molar-refractivity contribution in [1.29, 1.82) is 0 Å². The normalized spacial score (nSPS) is 15.3. The number of cyclic esters (lactones) is 1. The number of carbonyl (C=O) groups excluding carboxylic acids is 1. The van der Waals surface area contributed by atoms with Crippen LogP contribution in [0.5, 0.6) is 0 Å². The van der Waals surface area contributed by atoms with Crippen LogP contribution in [0, 0.1) is 24.0 Å². The fourth-order valence-electron chi connectivity index (χ4n) is 2.44. The minimum absolute atomic E-state index is 0.0263. The highest BCUT2D eigenvalue weighted by molar-refractivity contribution is 6.05. The molecule has 0 N–H and O–H groups in total. The Morgan fingerprint density at radius 3 is 2.46 bits per heavy atom. The van der Waals surface area contributed by atoms with E-state index < -0.39 is 10.9 Å². The van der Waals surface area contributed by atoms with Gasteiger partial charge in [0.1, 0.15) is 5.76 Å². The Kier molecular flexibility index (Phi) is 4.00. The first-order valence-corrected chi connectivity index (χ1v) is 7.42. The molecule has 2 aromatic rings. The number of hydrogen-bond acceptors (Lipinski definition) is 4. The lowest BCUT2D eigenvalue weighted by atomic mass is 10.1. The molecule has 0 atom stereocenters. The minimum Gasteiger partial charge on any atom is -0.422 e. The molecule has 24 heavy (non-hydrogen) atoms. The number of nitrogens with zero attached hydrogens (tertiary/aromatic N) is 1. The highest BCUT2D eigenvalue weighted by atomic mass is 16.6. The number of ether oxygens (including phenoxy) is 1. The number of esters is 1. The molecule has 0 radical (unpaired) electrons. The summed E-state index contributed by atoms with van der Waals surface area (Å²) in [6, 6.07) is 12.5. The summed E-state index contributed by atoms with van der Waals surface area (Å²) in [4.78, 5) is 22.6. The van der Waals surface area contributed by atoms with Crippen LogP contribution in [0.25, 0.3) is 11.8 Å². The molecule has 0 aromatic heterocycles.